The van der Waals surface area contributed by atoms with Gasteiger partial charge in [0.2, 0.25) is 11.0 Å². The lowest BCUT2D eigenvalue weighted by molar-refractivity contribution is -0.112. The number of likely N-dealkylation sites (N-methyl/N-ethyl adjacent to an activating group) is 1. The molecular weight excluding hydrogens is 454 g/mol. The Balaban J connectivity index is 1.73. The van der Waals surface area contributed by atoms with Crippen molar-refractivity contribution in [2.45, 2.75) is 20.4 Å². The third-order valence-electron chi connectivity index (χ3n) is 5.67. The topological polar surface area (TPSA) is 58.7 Å². The molecule has 166 valence electrons. The van der Waals surface area contributed by atoms with Crippen LogP contribution in [0.3, 0.4) is 0 Å². The lowest BCUT2D eigenvalue weighted by atomic mass is 10.1. The normalized spacial score (nSPS) is 18.8. The van der Waals surface area contributed by atoms with Crippen LogP contribution < -0.4 is 26.3 Å². The summed E-state index contributed by atoms with van der Waals surface area (Å²) < 4.78 is 8.07. The number of thioether (sulfide) groups is 1. The Morgan fingerprint density at radius 1 is 0.939 bits per heavy atom. The largest absolute Gasteiger partial charge is 0.431 e. The minimum Gasteiger partial charge on any atom is -0.431 e. The predicted octanol–water partition coefficient (Wildman–Crippen LogP) is 3.30. The summed E-state index contributed by atoms with van der Waals surface area (Å²) in [5.41, 5.74) is 3.63. The van der Waals surface area contributed by atoms with Gasteiger partial charge in [-0.2, -0.15) is 0 Å². The second-order valence-electron chi connectivity index (χ2n) is 7.48. The molecule has 1 saturated heterocycles. The van der Waals surface area contributed by atoms with Crippen LogP contribution in [0.4, 0.5) is 11.4 Å². The fourth-order valence-corrected chi connectivity index (χ4v) is 5.44. The second-order valence-corrected chi connectivity index (χ2v) is 9.12. The molecule has 6 nitrogen and oxygen atoms in total. The second kappa shape index (κ2) is 8.53. The highest BCUT2D eigenvalue weighted by Gasteiger charge is 2.36. The smallest absolute Gasteiger partial charge is 0.298 e. The number of hydrogen-bond acceptors (Lipinski definition) is 6. The van der Waals surface area contributed by atoms with Crippen LogP contribution >= 0.6 is 24.0 Å². The summed E-state index contributed by atoms with van der Waals surface area (Å²) in [6.07, 6.45) is 3.87. The maximum Gasteiger partial charge on any atom is 0.298 e. The molecule has 1 fully saturated rings. The Kier molecular flexibility index (Phi) is 5.55. The van der Waals surface area contributed by atoms with Crippen molar-refractivity contribution >= 4 is 62.3 Å². The van der Waals surface area contributed by atoms with Gasteiger partial charge in [-0.25, -0.2) is 0 Å². The zero-order valence-electron chi connectivity index (χ0n) is 18.1. The molecule has 0 unspecified atom stereocenters. The van der Waals surface area contributed by atoms with Gasteiger partial charge in [-0.3, -0.25) is 19.1 Å². The Morgan fingerprint density at radius 3 is 2.39 bits per heavy atom. The Hall–Kier alpha value is -3.36. The van der Waals surface area contributed by atoms with Gasteiger partial charge in [-0.1, -0.05) is 54.7 Å². The molecule has 0 saturated carbocycles. The molecule has 1 amide bonds. The van der Waals surface area contributed by atoms with Crippen molar-refractivity contribution in [3.8, 4) is 0 Å². The van der Waals surface area contributed by atoms with Crippen molar-refractivity contribution in [2.75, 3.05) is 16.3 Å². The number of para-hydroxylation sites is 2. The van der Waals surface area contributed by atoms with Gasteiger partial charge in [0.1, 0.15) is 4.91 Å². The van der Waals surface area contributed by atoms with Crippen molar-refractivity contribution in [3.05, 3.63) is 87.6 Å². The molecule has 1 aromatic heterocycles. The van der Waals surface area contributed by atoms with Crippen LogP contribution in [0.15, 0.2) is 69.9 Å². The zero-order valence-corrected chi connectivity index (χ0v) is 19.8. The molecular formula is C25H21N3O3S2. The van der Waals surface area contributed by atoms with Crippen LogP contribution in [0.1, 0.15) is 19.4 Å². The molecule has 0 spiro atoms. The van der Waals surface area contributed by atoms with Gasteiger partial charge in [0.25, 0.3) is 11.5 Å². The molecule has 8 heteroatoms. The summed E-state index contributed by atoms with van der Waals surface area (Å²) in [5.74, 6) is -0.291. The number of thiocarbonyl (C=S) groups is 1. The summed E-state index contributed by atoms with van der Waals surface area (Å²) in [7, 11) is 0. The monoisotopic (exact) mass is 475 g/mol. The van der Waals surface area contributed by atoms with E-state index in [1.54, 1.807) is 0 Å². The van der Waals surface area contributed by atoms with E-state index >= 15 is 0 Å². The van der Waals surface area contributed by atoms with E-state index in [1.807, 2.05) is 80.6 Å². The maximum atomic E-state index is 13.4. The number of rotatable bonds is 3. The Labute approximate surface area is 200 Å². The maximum absolute atomic E-state index is 13.4. The first-order valence-corrected chi connectivity index (χ1v) is 11.9. The molecule has 0 radical (unpaired) electrons. The molecule has 0 bridgehead atoms. The van der Waals surface area contributed by atoms with E-state index in [9.17, 15) is 9.59 Å². The molecule has 2 aliphatic heterocycles. The van der Waals surface area contributed by atoms with E-state index in [2.05, 4.69) is 4.90 Å². The number of fused-ring (bicyclic) bond motifs is 1. The summed E-state index contributed by atoms with van der Waals surface area (Å²) in [6.45, 7) is 4.91. The predicted molar refractivity (Wildman–Crippen MR) is 137 cm³/mol. The van der Waals surface area contributed by atoms with Crippen LogP contribution in [-0.4, -0.2) is 21.3 Å². The number of carbonyl (C=O) groups is 1. The summed E-state index contributed by atoms with van der Waals surface area (Å²) >= 11 is 6.65. The van der Waals surface area contributed by atoms with Gasteiger partial charge in [0.05, 0.1) is 11.4 Å². The molecule has 33 heavy (non-hydrogen) atoms. The van der Waals surface area contributed by atoms with Crippen molar-refractivity contribution in [3.63, 3.8) is 0 Å². The van der Waals surface area contributed by atoms with Crippen LogP contribution in [0.5, 0.6) is 0 Å². The zero-order chi connectivity index (χ0) is 23.1. The van der Waals surface area contributed by atoms with Gasteiger partial charge in [0, 0.05) is 18.8 Å². The number of aromatic nitrogens is 1. The van der Waals surface area contributed by atoms with Gasteiger partial charge in [0.15, 0.2) is 4.32 Å². The van der Waals surface area contributed by atoms with Gasteiger partial charge >= 0.3 is 0 Å². The van der Waals surface area contributed by atoms with Crippen molar-refractivity contribution in [1.82, 2.24) is 4.57 Å². The molecule has 0 atom stereocenters. The Morgan fingerprint density at radius 2 is 1.67 bits per heavy atom. The highest BCUT2D eigenvalue weighted by molar-refractivity contribution is 8.31. The molecule has 0 aliphatic carbocycles. The third kappa shape index (κ3) is 3.46. The highest BCUT2D eigenvalue weighted by Crippen LogP contribution is 2.35. The number of benzene rings is 2. The quantitative estimate of drug-likeness (QED) is 0.542. The summed E-state index contributed by atoms with van der Waals surface area (Å²) in [4.78, 5) is 30.6. The highest BCUT2D eigenvalue weighted by atomic mass is 32.2. The van der Waals surface area contributed by atoms with E-state index in [0.29, 0.717) is 33.7 Å². The van der Waals surface area contributed by atoms with E-state index in [0.717, 1.165) is 23.0 Å². The van der Waals surface area contributed by atoms with Gasteiger partial charge in [-0.05, 0) is 55.4 Å². The molecule has 3 aromatic rings. The van der Waals surface area contributed by atoms with Crippen LogP contribution in [-0.2, 0) is 11.3 Å². The fraction of sp³-hybridized carbons (Fsp3) is 0.160. The van der Waals surface area contributed by atoms with Gasteiger partial charge in [-0.15, -0.1) is 0 Å². The van der Waals surface area contributed by atoms with Crippen LogP contribution in [0.25, 0.3) is 16.7 Å². The molecule has 3 heterocycles. The van der Waals surface area contributed by atoms with E-state index in [1.165, 1.54) is 9.47 Å². The Bertz CT molecular complexity index is 1490. The van der Waals surface area contributed by atoms with Crippen molar-refractivity contribution in [1.29, 1.82) is 0 Å². The van der Waals surface area contributed by atoms with Gasteiger partial charge < -0.3 is 9.32 Å². The lowest BCUT2D eigenvalue weighted by Crippen LogP contribution is -2.37. The van der Waals surface area contributed by atoms with E-state index in [4.69, 9.17) is 16.6 Å². The number of anilines is 2. The molecule has 0 N–H and O–H groups in total. The number of amides is 1. The van der Waals surface area contributed by atoms with Crippen molar-refractivity contribution < 1.29 is 9.21 Å². The third-order valence-corrected chi connectivity index (χ3v) is 7.01. The number of carbonyl (C=O) groups excluding carboxylic acids is 1. The van der Waals surface area contributed by atoms with Crippen LogP contribution in [0, 0.1) is 0 Å². The first-order chi connectivity index (χ1) is 16.0. The number of oxazole rings is 1. The minimum atomic E-state index is -0.291. The molecule has 5 rings (SSSR count). The molecule has 2 aromatic carbocycles. The fourth-order valence-electron chi connectivity index (χ4n) is 4.13. The summed E-state index contributed by atoms with van der Waals surface area (Å²) in [5, 5.41) is 0. The minimum absolute atomic E-state index is 0.212. The first kappa shape index (κ1) is 21.5. The first-order valence-electron chi connectivity index (χ1n) is 10.7. The lowest BCUT2D eigenvalue weighted by Gasteiger charge is -2.28. The van der Waals surface area contributed by atoms with Crippen LogP contribution in [0.2, 0.25) is 0 Å². The van der Waals surface area contributed by atoms with E-state index in [-0.39, 0.29) is 22.4 Å². The standard InChI is InChI=1S/C25H21N3O3S2/c1-3-26-18-13-9-8-10-16(18)14-15-19(26)20-22(29)27(4-2)24(31-20)21-23(30)28(25(32)33-21)17-11-6-5-7-12-17/h5-15H,3-4H2,1-2H3. The summed E-state index contributed by atoms with van der Waals surface area (Å²) in [6, 6.07) is 17.2. The number of nitrogens with zero attached hydrogens (tertiary/aromatic N) is 3. The average molecular weight is 476 g/mol. The van der Waals surface area contributed by atoms with E-state index < -0.39 is 0 Å². The molecule has 2 aliphatic rings. The number of hydrogen-bond donors (Lipinski definition) is 0. The van der Waals surface area contributed by atoms with Crippen molar-refractivity contribution in [2.24, 2.45) is 0 Å². The SMILES string of the molecule is CCN1C(=c2oc(=C3SC(=S)N(c4ccccc4)C3=O)n(CC)c2=O)C=Cc2ccccc21. The average Bonchev–Trinajstić information content (AvgIpc) is 3.33.